The minimum Gasteiger partial charge on any atom is -0.379 e. The van der Waals surface area contributed by atoms with Crippen molar-refractivity contribution in [1.29, 1.82) is 0 Å². The number of likely N-dealkylation sites (N-methyl/N-ethyl adjacent to an activating group) is 1. The number of rotatable bonds is 5. The van der Waals surface area contributed by atoms with Crippen molar-refractivity contribution < 1.29 is 9.47 Å². The molecule has 3 heteroatoms. The zero-order valence-electron chi connectivity index (χ0n) is 9.69. The van der Waals surface area contributed by atoms with Crippen LogP contribution in [0.25, 0.3) is 0 Å². The Balaban J connectivity index is 1.99. The van der Waals surface area contributed by atoms with Gasteiger partial charge in [0.2, 0.25) is 0 Å². The van der Waals surface area contributed by atoms with Crippen LogP contribution in [0.1, 0.15) is 18.1 Å². The Morgan fingerprint density at radius 1 is 1.44 bits per heavy atom. The van der Waals surface area contributed by atoms with Crippen molar-refractivity contribution in [1.82, 2.24) is 5.32 Å². The van der Waals surface area contributed by atoms with Gasteiger partial charge >= 0.3 is 0 Å². The molecule has 0 amide bonds. The van der Waals surface area contributed by atoms with Crippen LogP contribution >= 0.6 is 0 Å². The normalized spacial score (nSPS) is 22.2. The minimum absolute atomic E-state index is 0.123. The lowest BCUT2D eigenvalue weighted by molar-refractivity contribution is -0.0156. The Hall–Kier alpha value is -0.900. The van der Waals surface area contributed by atoms with E-state index in [1.54, 1.807) is 0 Å². The summed E-state index contributed by atoms with van der Waals surface area (Å²) in [5.74, 6) is 0. The first kappa shape index (κ1) is 11.6. The molecule has 88 valence electrons. The van der Waals surface area contributed by atoms with Crippen molar-refractivity contribution in [2.24, 2.45) is 0 Å². The Labute approximate surface area is 96.8 Å². The van der Waals surface area contributed by atoms with Crippen LogP contribution in [0.3, 0.4) is 0 Å². The molecule has 0 spiro atoms. The first-order chi connectivity index (χ1) is 7.90. The van der Waals surface area contributed by atoms with Crippen LogP contribution in [0.2, 0.25) is 0 Å². The van der Waals surface area contributed by atoms with E-state index in [4.69, 9.17) is 9.47 Å². The predicted octanol–water partition coefficient (Wildman–Crippen LogP) is 1.75. The molecule has 0 aliphatic carbocycles. The fourth-order valence-electron chi connectivity index (χ4n) is 1.95. The van der Waals surface area contributed by atoms with E-state index in [9.17, 15) is 0 Å². The molecule has 1 aromatic rings. The molecule has 3 nitrogen and oxygen atoms in total. The number of hydrogen-bond donors (Lipinski definition) is 1. The van der Waals surface area contributed by atoms with E-state index >= 15 is 0 Å². The predicted molar refractivity (Wildman–Crippen MR) is 63.4 cm³/mol. The third-order valence-electron chi connectivity index (χ3n) is 2.81. The molecule has 0 bridgehead atoms. The van der Waals surface area contributed by atoms with Crippen LogP contribution in [-0.2, 0) is 9.47 Å². The maximum atomic E-state index is 6.05. The molecule has 16 heavy (non-hydrogen) atoms. The van der Waals surface area contributed by atoms with Crippen molar-refractivity contribution in [3.05, 3.63) is 35.9 Å². The van der Waals surface area contributed by atoms with E-state index in [2.05, 4.69) is 17.4 Å². The van der Waals surface area contributed by atoms with E-state index < -0.39 is 0 Å². The van der Waals surface area contributed by atoms with Gasteiger partial charge in [-0.1, -0.05) is 30.3 Å². The number of ether oxygens (including phenoxy) is 2. The molecular formula is C13H19NO2. The molecule has 2 unspecified atom stereocenters. The van der Waals surface area contributed by atoms with Gasteiger partial charge in [0.1, 0.15) is 0 Å². The van der Waals surface area contributed by atoms with Gasteiger partial charge < -0.3 is 14.8 Å². The summed E-state index contributed by atoms with van der Waals surface area (Å²) in [5.41, 5.74) is 1.23. The molecule has 1 heterocycles. The van der Waals surface area contributed by atoms with Crippen LogP contribution in [0, 0.1) is 0 Å². The van der Waals surface area contributed by atoms with Crippen LogP contribution in [0.4, 0.5) is 0 Å². The number of benzene rings is 1. The summed E-state index contributed by atoms with van der Waals surface area (Å²) in [6.45, 7) is 2.39. The quantitative estimate of drug-likeness (QED) is 0.821. The van der Waals surface area contributed by atoms with Crippen molar-refractivity contribution in [2.75, 3.05) is 26.8 Å². The second kappa shape index (κ2) is 5.99. The third kappa shape index (κ3) is 3.04. The zero-order valence-corrected chi connectivity index (χ0v) is 9.69. The number of nitrogens with one attached hydrogen (secondary N) is 1. The first-order valence-corrected chi connectivity index (χ1v) is 5.83. The zero-order chi connectivity index (χ0) is 11.2. The summed E-state index contributed by atoms with van der Waals surface area (Å²) < 4.78 is 11.4. The molecule has 1 N–H and O–H groups in total. The van der Waals surface area contributed by atoms with Crippen LogP contribution in [-0.4, -0.2) is 32.9 Å². The van der Waals surface area contributed by atoms with Gasteiger partial charge in [0, 0.05) is 13.2 Å². The molecule has 1 aliphatic heterocycles. The van der Waals surface area contributed by atoms with Crippen molar-refractivity contribution in [2.45, 2.75) is 18.6 Å². The molecule has 2 rings (SSSR count). The van der Waals surface area contributed by atoms with Gasteiger partial charge in [0.25, 0.3) is 0 Å². The summed E-state index contributed by atoms with van der Waals surface area (Å²) >= 11 is 0. The lowest BCUT2D eigenvalue weighted by Crippen LogP contribution is -2.25. The Bertz CT molecular complexity index is 296. The molecular weight excluding hydrogens is 202 g/mol. The van der Waals surface area contributed by atoms with Gasteiger partial charge in [-0.25, -0.2) is 0 Å². The summed E-state index contributed by atoms with van der Waals surface area (Å²) in [6.07, 6.45) is 1.38. The molecule has 0 aromatic heterocycles. The molecule has 0 saturated carbocycles. The van der Waals surface area contributed by atoms with Gasteiger partial charge in [-0.3, -0.25) is 0 Å². The molecule has 2 atom stereocenters. The van der Waals surface area contributed by atoms with Gasteiger partial charge in [0.05, 0.1) is 18.8 Å². The van der Waals surface area contributed by atoms with Gasteiger partial charge in [0.15, 0.2) is 0 Å². The highest BCUT2D eigenvalue weighted by Crippen LogP contribution is 2.21. The monoisotopic (exact) mass is 221 g/mol. The largest absolute Gasteiger partial charge is 0.379 e. The maximum absolute atomic E-state index is 6.05. The maximum Gasteiger partial charge on any atom is 0.0954 e. The highest BCUT2D eigenvalue weighted by Gasteiger charge is 2.21. The summed E-state index contributed by atoms with van der Waals surface area (Å²) in [7, 11) is 1.95. The van der Waals surface area contributed by atoms with Crippen LogP contribution in [0.15, 0.2) is 30.3 Å². The fraction of sp³-hybridized carbons (Fsp3) is 0.538. The SMILES string of the molecule is CNCC(OC1CCOC1)c1ccccc1. The van der Waals surface area contributed by atoms with E-state index in [0.717, 1.165) is 26.2 Å². The average Bonchev–Trinajstić information content (AvgIpc) is 2.83. The van der Waals surface area contributed by atoms with E-state index in [0.29, 0.717) is 0 Å². The first-order valence-electron chi connectivity index (χ1n) is 5.83. The van der Waals surface area contributed by atoms with Crippen LogP contribution < -0.4 is 5.32 Å². The average molecular weight is 221 g/mol. The summed E-state index contributed by atoms with van der Waals surface area (Å²) in [6, 6.07) is 10.3. The number of hydrogen-bond acceptors (Lipinski definition) is 3. The summed E-state index contributed by atoms with van der Waals surface area (Å²) in [5, 5.41) is 3.17. The van der Waals surface area contributed by atoms with Crippen LogP contribution in [0.5, 0.6) is 0 Å². The van der Waals surface area contributed by atoms with Gasteiger partial charge in [-0.2, -0.15) is 0 Å². The Kier molecular flexibility index (Phi) is 4.34. The molecule has 1 fully saturated rings. The second-order valence-electron chi connectivity index (χ2n) is 4.08. The van der Waals surface area contributed by atoms with Gasteiger partial charge in [-0.05, 0) is 19.0 Å². The van der Waals surface area contributed by atoms with E-state index in [1.165, 1.54) is 5.56 Å². The lowest BCUT2D eigenvalue weighted by Gasteiger charge is -2.21. The highest BCUT2D eigenvalue weighted by molar-refractivity contribution is 5.18. The second-order valence-corrected chi connectivity index (χ2v) is 4.08. The third-order valence-corrected chi connectivity index (χ3v) is 2.81. The Morgan fingerprint density at radius 2 is 2.25 bits per heavy atom. The van der Waals surface area contributed by atoms with Crippen molar-refractivity contribution in [3.63, 3.8) is 0 Å². The van der Waals surface area contributed by atoms with Crippen molar-refractivity contribution >= 4 is 0 Å². The lowest BCUT2D eigenvalue weighted by atomic mass is 10.1. The highest BCUT2D eigenvalue weighted by atomic mass is 16.6. The smallest absolute Gasteiger partial charge is 0.0954 e. The van der Waals surface area contributed by atoms with E-state index in [1.807, 2.05) is 25.2 Å². The summed E-state index contributed by atoms with van der Waals surface area (Å²) in [4.78, 5) is 0. The van der Waals surface area contributed by atoms with E-state index in [-0.39, 0.29) is 12.2 Å². The van der Waals surface area contributed by atoms with Gasteiger partial charge in [-0.15, -0.1) is 0 Å². The fourth-order valence-corrected chi connectivity index (χ4v) is 1.95. The molecule has 1 saturated heterocycles. The topological polar surface area (TPSA) is 30.5 Å². The minimum atomic E-state index is 0.123. The standard InChI is InChI=1S/C13H19NO2/c1-14-9-13(11-5-3-2-4-6-11)16-12-7-8-15-10-12/h2-6,12-14H,7-10H2,1H3. The molecule has 1 aliphatic rings. The molecule has 0 radical (unpaired) electrons. The molecule has 1 aromatic carbocycles. The van der Waals surface area contributed by atoms with Crippen molar-refractivity contribution in [3.8, 4) is 0 Å². The Morgan fingerprint density at radius 3 is 2.88 bits per heavy atom.